The van der Waals surface area contributed by atoms with Gasteiger partial charge in [-0.1, -0.05) is 36.2 Å². The van der Waals surface area contributed by atoms with Crippen LogP contribution in [-0.2, 0) is 15.0 Å². The van der Waals surface area contributed by atoms with Gasteiger partial charge in [0.2, 0.25) is 5.91 Å². The van der Waals surface area contributed by atoms with Gasteiger partial charge in [0, 0.05) is 18.0 Å². The maximum atomic E-state index is 12.6. The molecule has 2 rings (SSSR count). The predicted octanol–water partition coefficient (Wildman–Crippen LogP) is 2.58. The molecule has 0 aliphatic heterocycles. The summed E-state index contributed by atoms with van der Waals surface area (Å²) in [5, 5.41) is 3.35. The quantitative estimate of drug-likeness (QED) is 0.817. The molecule has 2 N–H and O–H groups in total. The first-order valence-corrected chi connectivity index (χ1v) is 7.74. The average Bonchev–Trinajstić information content (AvgIpc) is 2.48. The lowest BCUT2D eigenvalue weighted by molar-refractivity contribution is -0.127. The summed E-state index contributed by atoms with van der Waals surface area (Å²) >= 11 is 11.6. The summed E-state index contributed by atoms with van der Waals surface area (Å²) in [6.45, 7) is 0.265. The van der Waals surface area contributed by atoms with Crippen molar-refractivity contribution < 1.29 is 9.59 Å². The molecule has 1 amide bonds. The minimum Gasteiger partial charge on any atom is -0.354 e. The number of hydrogen-bond acceptors (Lipinski definition) is 3. The zero-order valence-corrected chi connectivity index (χ0v) is 13.1. The summed E-state index contributed by atoms with van der Waals surface area (Å²) < 4.78 is 0. The number of ketones is 1. The Kier molecular flexibility index (Phi) is 5.62. The van der Waals surface area contributed by atoms with Crippen LogP contribution in [0.5, 0.6) is 0 Å². The van der Waals surface area contributed by atoms with Gasteiger partial charge in [-0.05, 0) is 36.2 Å². The molecule has 1 aliphatic carbocycles. The van der Waals surface area contributed by atoms with Gasteiger partial charge in [0.15, 0.2) is 0 Å². The monoisotopic (exact) mass is 328 g/mol. The largest absolute Gasteiger partial charge is 0.354 e. The highest BCUT2D eigenvalue weighted by molar-refractivity contribution is 6.31. The Hall–Kier alpha value is -1.10. The van der Waals surface area contributed by atoms with Crippen LogP contribution < -0.4 is 10.2 Å². The van der Waals surface area contributed by atoms with Gasteiger partial charge in [0.05, 0.1) is 12.0 Å². The van der Waals surface area contributed by atoms with E-state index >= 15 is 0 Å². The minimum absolute atomic E-state index is 0.00828. The number of rotatable bonds is 5. The van der Waals surface area contributed by atoms with Crippen LogP contribution in [0, 0.1) is 0 Å². The topological polar surface area (TPSA) is 58.2 Å². The van der Waals surface area contributed by atoms with Crippen LogP contribution in [-0.4, -0.2) is 24.8 Å². The summed E-state index contributed by atoms with van der Waals surface area (Å²) in [4.78, 5) is 26.5. The zero-order chi connectivity index (χ0) is 15.3. The molecule has 0 unspecified atom stereocenters. The van der Waals surface area contributed by atoms with E-state index in [0.29, 0.717) is 17.9 Å². The van der Waals surface area contributed by atoms with Crippen LogP contribution in [0.1, 0.15) is 31.2 Å². The Morgan fingerprint density at radius 2 is 2.05 bits per heavy atom. The van der Waals surface area contributed by atoms with Crippen molar-refractivity contribution in [2.45, 2.75) is 31.1 Å². The van der Waals surface area contributed by atoms with E-state index in [1.54, 1.807) is 6.07 Å². The lowest BCUT2D eigenvalue weighted by Gasteiger charge is -2.37. The third kappa shape index (κ3) is 3.57. The van der Waals surface area contributed by atoms with Gasteiger partial charge in [-0.3, -0.25) is 9.59 Å². The number of nitrogens with one attached hydrogen (secondary N) is 2. The molecule has 0 radical (unpaired) electrons. The highest BCUT2D eigenvalue weighted by Crippen LogP contribution is 2.39. The fourth-order valence-corrected chi connectivity index (χ4v) is 3.32. The van der Waals surface area contributed by atoms with Crippen molar-refractivity contribution in [3.8, 4) is 0 Å². The molecule has 0 spiro atoms. The van der Waals surface area contributed by atoms with E-state index in [2.05, 4.69) is 10.2 Å². The van der Waals surface area contributed by atoms with Crippen molar-refractivity contribution in [3.05, 3.63) is 34.9 Å². The molecular weight excluding hydrogens is 311 g/mol. The van der Waals surface area contributed by atoms with E-state index in [0.717, 1.165) is 18.4 Å². The second-order valence-electron chi connectivity index (χ2n) is 5.28. The van der Waals surface area contributed by atoms with Crippen molar-refractivity contribution in [2.24, 2.45) is 0 Å². The minimum atomic E-state index is -0.724. The fourth-order valence-electron chi connectivity index (χ4n) is 2.88. The third-order valence-corrected chi connectivity index (χ3v) is 4.46. The second kappa shape index (κ2) is 7.25. The van der Waals surface area contributed by atoms with Crippen molar-refractivity contribution in [1.82, 2.24) is 10.2 Å². The highest BCUT2D eigenvalue weighted by Gasteiger charge is 2.42. The molecule has 0 aromatic heterocycles. The van der Waals surface area contributed by atoms with E-state index in [-0.39, 0.29) is 24.8 Å². The molecule has 6 heteroatoms. The van der Waals surface area contributed by atoms with Crippen molar-refractivity contribution in [3.63, 3.8) is 0 Å². The van der Waals surface area contributed by atoms with Gasteiger partial charge in [0.25, 0.3) is 0 Å². The number of carbonyl (C=O) groups excluding carboxylic acids is 2. The van der Waals surface area contributed by atoms with Gasteiger partial charge in [0.1, 0.15) is 5.78 Å². The molecule has 1 saturated carbocycles. The molecule has 4 nitrogen and oxygen atoms in total. The summed E-state index contributed by atoms with van der Waals surface area (Å²) in [7, 11) is 0. The first-order chi connectivity index (χ1) is 10.1. The predicted molar refractivity (Wildman–Crippen MR) is 83.5 cm³/mol. The normalized spacial score (nSPS) is 22.1. The Morgan fingerprint density at radius 3 is 2.71 bits per heavy atom. The second-order valence-corrected chi connectivity index (χ2v) is 5.95. The molecule has 1 aromatic carbocycles. The third-order valence-electron chi connectivity index (χ3n) is 4.00. The van der Waals surface area contributed by atoms with Crippen LogP contribution in [0.4, 0.5) is 0 Å². The molecule has 1 aromatic rings. The molecule has 0 saturated heterocycles. The summed E-state index contributed by atoms with van der Waals surface area (Å²) in [6, 6.07) is 7.36. The standard InChI is InChI=1S/C15H18Cl2N2O2/c16-12-6-2-1-5-11(12)15(8-4-3-7-13(15)20)10-18-14(21)9-19-17/h1-2,5-6,19H,3-4,7-10H2,(H,18,21)/t15-/m1/s1. The van der Waals surface area contributed by atoms with Gasteiger partial charge >= 0.3 is 0 Å². The van der Waals surface area contributed by atoms with Crippen LogP contribution in [0.25, 0.3) is 0 Å². The van der Waals surface area contributed by atoms with Gasteiger partial charge in [-0.2, -0.15) is 0 Å². The number of carbonyl (C=O) groups is 2. The molecule has 1 atom stereocenters. The molecule has 21 heavy (non-hydrogen) atoms. The fraction of sp³-hybridized carbons (Fsp3) is 0.467. The zero-order valence-electron chi connectivity index (χ0n) is 11.6. The lowest BCUT2D eigenvalue weighted by atomic mass is 9.68. The summed E-state index contributed by atoms with van der Waals surface area (Å²) in [5.74, 6) is -0.101. The van der Waals surface area contributed by atoms with E-state index in [1.807, 2.05) is 18.2 Å². The van der Waals surface area contributed by atoms with E-state index in [9.17, 15) is 9.59 Å². The maximum absolute atomic E-state index is 12.6. The van der Waals surface area contributed by atoms with Crippen molar-refractivity contribution in [2.75, 3.05) is 13.1 Å². The Labute approximate surface area is 134 Å². The van der Waals surface area contributed by atoms with Crippen LogP contribution in [0.2, 0.25) is 5.02 Å². The van der Waals surface area contributed by atoms with Gasteiger partial charge in [-0.15, -0.1) is 0 Å². The average molecular weight is 329 g/mol. The number of amides is 1. The molecule has 1 aliphatic rings. The molecule has 1 fully saturated rings. The van der Waals surface area contributed by atoms with Crippen LogP contribution in [0.3, 0.4) is 0 Å². The number of benzene rings is 1. The van der Waals surface area contributed by atoms with E-state index in [4.69, 9.17) is 23.4 Å². The Bertz CT molecular complexity index is 536. The molecule has 114 valence electrons. The SMILES string of the molecule is O=C(CNCl)NC[C@@]1(c2ccccc2Cl)CCCCC1=O. The van der Waals surface area contributed by atoms with Gasteiger partial charge in [-0.25, -0.2) is 4.84 Å². The molecular formula is C15H18Cl2N2O2. The lowest BCUT2D eigenvalue weighted by Crippen LogP contribution is -2.49. The first kappa shape index (κ1) is 16.3. The Balaban J connectivity index is 2.29. The number of Topliss-reactive ketones (excluding diaryl/α,β-unsaturated/α-hetero) is 1. The van der Waals surface area contributed by atoms with Crippen molar-refractivity contribution >= 4 is 35.1 Å². The van der Waals surface area contributed by atoms with Crippen molar-refractivity contribution in [1.29, 1.82) is 0 Å². The summed E-state index contributed by atoms with van der Waals surface area (Å²) in [6.07, 6.45) is 3.06. The summed E-state index contributed by atoms with van der Waals surface area (Å²) in [5.41, 5.74) is 0.0777. The number of halogens is 2. The van der Waals surface area contributed by atoms with Crippen LogP contribution >= 0.6 is 23.4 Å². The molecule has 0 bridgehead atoms. The Morgan fingerprint density at radius 1 is 1.29 bits per heavy atom. The molecule has 0 heterocycles. The van der Waals surface area contributed by atoms with Crippen LogP contribution in [0.15, 0.2) is 24.3 Å². The smallest absolute Gasteiger partial charge is 0.235 e. The van der Waals surface area contributed by atoms with E-state index < -0.39 is 5.41 Å². The first-order valence-electron chi connectivity index (χ1n) is 6.98. The van der Waals surface area contributed by atoms with E-state index in [1.165, 1.54) is 0 Å². The highest BCUT2D eigenvalue weighted by atomic mass is 35.5. The number of hydrogen-bond donors (Lipinski definition) is 2. The van der Waals surface area contributed by atoms with Gasteiger partial charge < -0.3 is 5.32 Å². The maximum Gasteiger partial charge on any atom is 0.235 e.